The number of rotatable bonds is 5. The highest BCUT2D eigenvalue weighted by Gasteiger charge is 2.15. The van der Waals surface area contributed by atoms with E-state index in [0.29, 0.717) is 17.0 Å². The summed E-state index contributed by atoms with van der Waals surface area (Å²) in [6, 6.07) is 6.65. The van der Waals surface area contributed by atoms with E-state index in [0.717, 1.165) is 0 Å². The van der Waals surface area contributed by atoms with Crippen molar-refractivity contribution in [3.63, 3.8) is 0 Å². The largest absolute Gasteiger partial charge is 0.484 e. The lowest BCUT2D eigenvalue weighted by Crippen LogP contribution is -2.20. The summed E-state index contributed by atoms with van der Waals surface area (Å²) in [5, 5.41) is 9.86. The third kappa shape index (κ3) is 2.86. The SMILES string of the molecule is NC(=O)COc1cccc(-c2n[nH]nc2C(N)=O)c1. The van der Waals surface area contributed by atoms with Crippen LogP contribution in [-0.4, -0.2) is 33.8 Å². The summed E-state index contributed by atoms with van der Waals surface area (Å²) in [7, 11) is 0. The number of nitrogens with two attached hydrogens (primary N) is 2. The third-order valence-corrected chi connectivity index (χ3v) is 2.27. The molecule has 2 amide bonds. The average molecular weight is 261 g/mol. The summed E-state index contributed by atoms with van der Waals surface area (Å²) in [6.07, 6.45) is 0. The van der Waals surface area contributed by atoms with E-state index in [2.05, 4.69) is 15.4 Å². The number of carbonyl (C=O) groups excluding carboxylic acids is 2. The Morgan fingerprint density at radius 2 is 2.05 bits per heavy atom. The summed E-state index contributed by atoms with van der Waals surface area (Å²) < 4.78 is 5.16. The van der Waals surface area contributed by atoms with Gasteiger partial charge in [0.15, 0.2) is 12.3 Å². The number of hydrogen-bond donors (Lipinski definition) is 3. The van der Waals surface area contributed by atoms with Crippen molar-refractivity contribution in [2.24, 2.45) is 11.5 Å². The molecule has 0 unspecified atom stereocenters. The number of amides is 2. The van der Waals surface area contributed by atoms with Crippen LogP contribution in [0.3, 0.4) is 0 Å². The first-order valence-corrected chi connectivity index (χ1v) is 5.30. The zero-order valence-corrected chi connectivity index (χ0v) is 9.79. The van der Waals surface area contributed by atoms with Crippen molar-refractivity contribution < 1.29 is 14.3 Å². The number of nitrogens with one attached hydrogen (secondary N) is 1. The van der Waals surface area contributed by atoms with E-state index in [4.69, 9.17) is 16.2 Å². The van der Waals surface area contributed by atoms with Crippen LogP contribution in [-0.2, 0) is 4.79 Å². The van der Waals surface area contributed by atoms with Crippen molar-refractivity contribution in [3.8, 4) is 17.0 Å². The highest BCUT2D eigenvalue weighted by Crippen LogP contribution is 2.23. The van der Waals surface area contributed by atoms with Crippen molar-refractivity contribution in [2.75, 3.05) is 6.61 Å². The number of primary amides is 2. The summed E-state index contributed by atoms with van der Waals surface area (Å²) >= 11 is 0. The monoisotopic (exact) mass is 261 g/mol. The zero-order chi connectivity index (χ0) is 13.8. The maximum atomic E-state index is 11.2. The summed E-state index contributed by atoms with van der Waals surface area (Å²) in [4.78, 5) is 21.8. The number of carbonyl (C=O) groups is 2. The molecule has 0 saturated heterocycles. The number of nitrogens with zero attached hydrogens (tertiary/aromatic N) is 2. The third-order valence-electron chi connectivity index (χ3n) is 2.27. The molecular weight excluding hydrogens is 250 g/mol. The van der Waals surface area contributed by atoms with E-state index in [1.807, 2.05) is 0 Å². The van der Waals surface area contributed by atoms with Gasteiger partial charge in [-0.3, -0.25) is 9.59 Å². The average Bonchev–Trinajstić information content (AvgIpc) is 2.86. The van der Waals surface area contributed by atoms with E-state index in [9.17, 15) is 9.59 Å². The Morgan fingerprint density at radius 1 is 1.26 bits per heavy atom. The topological polar surface area (TPSA) is 137 Å². The van der Waals surface area contributed by atoms with Crippen molar-refractivity contribution in [3.05, 3.63) is 30.0 Å². The molecule has 98 valence electrons. The first-order chi connectivity index (χ1) is 9.08. The van der Waals surface area contributed by atoms with E-state index in [-0.39, 0.29) is 12.3 Å². The Labute approximate surface area is 107 Å². The van der Waals surface area contributed by atoms with Crippen LogP contribution in [0.1, 0.15) is 10.5 Å². The van der Waals surface area contributed by atoms with Crippen LogP contribution < -0.4 is 16.2 Å². The minimum absolute atomic E-state index is 0.0343. The van der Waals surface area contributed by atoms with E-state index in [1.54, 1.807) is 24.3 Å². The van der Waals surface area contributed by atoms with Crippen molar-refractivity contribution >= 4 is 11.8 Å². The number of H-pyrrole nitrogens is 1. The fraction of sp³-hybridized carbons (Fsp3) is 0.0909. The quantitative estimate of drug-likeness (QED) is 0.662. The minimum Gasteiger partial charge on any atom is -0.484 e. The number of ether oxygens (including phenoxy) is 1. The zero-order valence-electron chi connectivity index (χ0n) is 9.79. The molecule has 8 heteroatoms. The lowest BCUT2D eigenvalue weighted by molar-refractivity contribution is -0.119. The van der Waals surface area contributed by atoms with Crippen LogP contribution in [0.2, 0.25) is 0 Å². The molecular formula is C11H11N5O3. The van der Waals surface area contributed by atoms with Gasteiger partial charge in [-0.1, -0.05) is 12.1 Å². The number of benzene rings is 1. The Kier molecular flexibility index (Phi) is 3.42. The van der Waals surface area contributed by atoms with Crippen molar-refractivity contribution in [2.45, 2.75) is 0 Å². The Hall–Kier alpha value is -2.90. The van der Waals surface area contributed by atoms with Crippen LogP contribution in [0.15, 0.2) is 24.3 Å². The van der Waals surface area contributed by atoms with Gasteiger partial charge in [0.2, 0.25) is 0 Å². The molecule has 0 spiro atoms. The van der Waals surface area contributed by atoms with Crippen LogP contribution >= 0.6 is 0 Å². The predicted molar refractivity (Wildman–Crippen MR) is 65.0 cm³/mol. The molecule has 0 bridgehead atoms. The van der Waals surface area contributed by atoms with Gasteiger partial charge < -0.3 is 16.2 Å². The molecule has 5 N–H and O–H groups in total. The van der Waals surface area contributed by atoms with Crippen LogP contribution in [0, 0.1) is 0 Å². The second kappa shape index (κ2) is 5.17. The van der Waals surface area contributed by atoms with Gasteiger partial charge in [-0.25, -0.2) is 0 Å². The van der Waals surface area contributed by atoms with Gasteiger partial charge in [0.05, 0.1) is 0 Å². The first-order valence-electron chi connectivity index (χ1n) is 5.30. The van der Waals surface area contributed by atoms with Gasteiger partial charge in [-0.15, -0.1) is 0 Å². The fourth-order valence-corrected chi connectivity index (χ4v) is 1.49. The van der Waals surface area contributed by atoms with Crippen LogP contribution in [0.25, 0.3) is 11.3 Å². The second-order valence-electron chi connectivity index (χ2n) is 3.67. The van der Waals surface area contributed by atoms with E-state index >= 15 is 0 Å². The van der Waals surface area contributed by atoms with E-state index < -0.39 is 11.8 Å². The number of aromatic nitrogens is 3. The predicted octanol–water partition coefficient (Wildman–Crippen LogP) is -0.565. The molecule has 0 fully saturated rings. The molecule has 2 aromatic rings. The Balaban J connectivity index is 2.30. The second-order valence-corrected chi connectivity index (χ2v) is 3.67. The molecule has 8 nitrogen and oxygen atoms in total. The van der Waals surface area contributed by atoms with Crippen LogP contribution in [0.4, 0.5) is 0 Å². The number of aromatic amines is 1. The standard InChI is InChI=1S/C11H11N5O3/c12-8(17)5-19-7-3-1-2-6(4-7)9-10(11(13)18)15-16-14-9/h1-4H,5H2,(H2,12,17)(H2,13,18)(H,14,15,16). The normalized spacial score (nSPS) is 10.1. The Morgan fingerprint density at radius 3 is 2.74 bits per heavy atom. The van der Waals surface area contributed by atoms with Crippen LogP contribution in [0.5, 0.6) is 5.75 Å². The van der Waals surface area contributed by atoms with Crippen molar-refractivity contribution in [1.82, 2.24) is 15.4 Å². The summed E-state index contributed by atoms with van der Waals surface area (Å²) in [6.45, 7) is -0.231. The molecule has 0 saturated carbocycles. The van der Waals surface area contributed by atoms with Gasteiger partial charge in [0.1, 0.15) is 11.4 Å². The van der Waals surface area contributed by atoms with Gasteiger partial charge in [-0.2, -0.15) is 15.4 Å². The van der Waals surface area contributed by atoms with Crippen molar-refractivity contribution in [1.29, 1.82) is 0 Å². The van der Waals surface area contributed by atoms with E-state index in [1.165, 1.54) is 0 Å². The lowest BCUT2D eigenvalue weighted by Gasteiger charge is -2.05. The maximum absolute atomic E-state index is 11.2. The summed E-state index contributed by atoms with van der Waals surface area (Å²) in [5.41, 5.74) is 11.1. The fourth-order valence-electron chi connectivity index (χ4n) is 1.49. The van der Waals surface area contributed by atoms with Gasteiger partial charge in [0.25, 0.3) is 11.8 Å². The minimum atomic E-state index is -0.688. The smallest absolute Gasteiger partial charge is 0.271 e. The lowest BCUT2D eigenvalue weighted by atomic mass is 10.1. The molecule has 2 rings (SSSR count). The number of hydrogen-bond acceptors (Lipinski definition) is 5. The van der Waals surface area contributed by atoms with Gasteiger partial charge in [-0.05, 0) is 12.1 Å². The molecule has 19 heavy (non-hydrogen) atoms. The van der Waals surface area contributed by atoms with Gasteiger partial charge in [0, 0.05) is 5.56 Å². The maximum Gasteiger partial charge on any atom is 0.271 e. The Bertz CT molecular complexity index is 622. The molecule has 0 radical (unpaired) electrons. The molecule has 1 aromatic heterocycles. The molecule has 1 aromatic carbocycles. The summed E-state index contributed by atoms with van der Waals surface area (Å²) in [5.74, 6) is -0.841. The molecule has 0 atom stereocenters. The van der Waals surface area contributed by atoms with Gasteiger partial charge >= 0.3 is 0 Å². The molecule has 1 heterocycles. The molecule has 0 aliphatic carbocycles. The molecule has 0 aliphatic heterocycles. The first kappa shape index (κ1) is 12.6. The highest BCUT2D eigenvalue weighted by molar-refractivity contribution is 5.96. The molecule has 0 aliphatic rings. The highest BCUT2D eigenvalue weighted by atomic mass is 16.5.